The summed E-state index contributed by atoms with van der Waals surface area (Å²) in [6, 6.07) is 81.5. The second-order valence-electron chi connectivity index (χ2n) is 19.5. The van der Waals surface area contributed by atoms with Gasteiger partial charge in [-0.05, 0) is 120 Å². The number of pyridine rings is 2. The van der Waals surface area contributed by atoms with Crippen molar-refractivity contribution >= 4 is 98.8 Å². The van der Waals surface area contributed by atoms with Crippen LogP contribution in [0.4, 0.5) is 0 Å². The smallest absolute Gasteiger partial charge is 0.162 e. The lowest BCUT2D eigenvalue weighted by atomic mass is 9.95. The third-order valence-electron chi connectivity index (χ3n) is 15.2. The van der Waals surface area contributed by atoms with E-state index < -0.39 is 0 Å². The number of benzene rings is 10. The van der Waals surface area contributed by atoms with E-state index in [-0.39, 0.29) is 0 Å². The zero-order chi connectivity index (χ0) is 49.3. The molecule has 0 aliphatic rings. The third kappa shape index (κ3) is 6.25. The van der Waals surface area contributed by atoms with Crippen molar-refractivity contribution in [3.05, 3.63) is 236 Å². The van der Waals surface area contributed by atoms with Gasteiger partial charge in [0, 0.05) is 60.4 Å². The SMILES string of the molecule is Cc1nc2ccccc2n1-c1ccc(-c2c3ccc(-c4cccc5c4oc4c(-c6cccc(-c7cccc(-n8c9ccccc9c9ccccc98)c7)c6)c6ccccc6nc45)cc3nc3c2oc2ccccc23)cc1. The maximum atomic E-state index is 7.22. The minimum atomic E-state index is 0.752. The van der Waals surface area contributed by atoms with E-state index >= 15 is 0 Å². The number of para-hydroxylation sites is 7. The molecule has 0 amide bonds. The number of nitrogens with zero attached hydrogens (tertiary/aromatic N) is 5. The molecule has 10 aromatic carbocycles. The summed E-state index contributed by atoms with van der Waals surface area (Å²) in [5.74, 6) is 0.938. The van der Waals surface area contributed by atoms with Crippen molar-refractivity contribution in [3.8, 4) is 55.9 Å². The molecule has 0 saturated heterocycles. The summed E-state index contributed by atoms with van der Waals surface area (Å²) in [4.78, 5) is 15.5. The summed E-state index contributed by atoms with van der Waals surface area (Å²) in [6.07, 6.45) is 0. The van der Waals surface area contributed by atoms with Crippen molar-refractivity contribution in [3.63, 3.8) is 0 Å². The fraction of sp³-hybridized carbons (Fsp3) is 0.0147. The summed E-state index contributed by atoms with van der Waals surface area (Å²) < 4.78 is 18.5. The number of hydrogen-bond donors (Lipinski definition) is 0. The van der Waals surface area contributed by atoms with Gasteiger partial charge in [-0.25, -0.2) is 15.0 Å². The molecule has 0 atom stereocenters. The molecule has 0 radical (unpaired) electrons. The van der Waals surface area contributed by atoms with Crippen molar-refractivity contribution in [1.82, 2.24) is 24.1 Å². The summed E-state index contributed by atoms with van der Waals surface area (Å²) in [5, 5.41) is 6.44. The van der Waals surface area contributed by atoms with Crippen molar-refractivity contribution < 1.29 is 8.83 Å². The van der Waals surface area contributed by atoms with E-state index in [1.165, 1.54) is 21.8 Å². The van der Waals surface area contributed by atoms with Gasteiger partial charge in [-0.3, -0.25) is 4.57 Å². The van der Waals surface area contributed by atoms with Gasteiger partial charge in [0.05, 0.1) is 33.1 Å². The van der Waals surface area contributed by atoms with Crippen molar-refractivity contribution in [1.29, 1.82) is 0 Å². The molecule has 16 aromatic rings. The fourth-order valence-electron chi connectivity index (χ4n) is 11.9. The van der Waals surface area contributed by atoms with E-state index in [0.717, 1.165) is 139 Å². The Balaban J connectivity index is 0.843. The minimum Gasteiger partial charge on any atom is -0.454 e. The van der Waals surface area contributed by atoms with Crippen LogP contribution in [0.5, 0.6) is 0 Å². The predicted molar refractivity (Wildman–Crippen MR) is 307 cm³/mol. The molecule has 7 heteroatoms. The van der Waals surface area contributed by atoms with Gasteiger partial charge in [-0.2, -0.15) is 0 Å². The Bertz CT molecular complexity index is 4980. The molecule has 0 N–H and O–H groups in total. The second kappa shape index (κ2) is 15.9. The Morgan fingerprint density at radius 3 is 1.71 bits per heavy atom. The molecule has 6 heterocycles. The Morgan fingerprint density at radius 2 is 0.893 bits per heavy atom. The highest BCUT2D eigenvalue weighted by molar-refractivity contribution is 6.19. The summed E-state index contributed by atoms with van der Waals surface area (Å²) in [7, 11) is 0. The molecule has 0 saturated carbocycles. The van der Waals surface area contributed by atoms with Crippen LogP contribution in [-0.4, -0.2) is 24.1 Å². The summed E-state index contributed by atoms with van der Waals surface area (Å²) in [6.45, 7) is 2.05. The van der Waals surface area contributed by atoms with E-state index in [0.29, 0.717) is 0 Å². The lowest BCUT2D eigenvalue weighted by Crippen LogP contribution is -1.97. The van der Waals surface area contributed by atoms with E-state index in [1.807, 2.05) is 24.3 Å². The number of rotatable bonds is 6. The monoisotopic (exact) mass is 959 g/mol. The third-order valence-corrected chi connectivity index (χ3v) is 15.2. The zero-order valence-electron chi connectivity index (χ0n) is 40.5. The second-order valence-corrected chi connectivity index (χ2v) is 19.5. The first-order valence-electron chi connectivity index (χ1n) is 25.3. The van der Waals surface area contributed by atoms with Crippen LogP contribution in [0.1, 0.15) is 5.82 Å². The molecule has 0 spiro atoms. The number of fused-ring (bicyclic) bond motifs is 12. The molecule has 350 valence electrons. The number of furan rings is 2. The Hall–Kier alpha value is -10.1. The number of imidazole rings is 1. The van der Waals surface area contributed by atoms with Crippen LogP contribution in [0.2, 0.25) is 0 Å². The topological polar surface area (TPSA) is 74.8 Å². The highest BCUT2D eigenvalue weighted by Crippen LogP contribution is 2.45. The lowest BCUT2D eigenvalue weighted by Gasteiger charge is -2.12. The largest absolute Gasteiger partial charge is 0.454 e. The maximum absolute atomic E-state index is 7.22. The molecule has 7 nitrogen and oxygen atoms in total. The number of hydrogen-bond acceptors (Lipinski definition) is 5. The fourth-order valence-corrected chi connectivity index (χ4v) is 11.9. The quantitative estimate of drug-likeness (QED) is 0.166. The van der Waals surface area contributed by atoms with Crippen LogP contribution in [0.25, 0.3) is 155 Å². The highest BCUT2D eigenvalue weighted by Gasteiger charge is 2.23. The molecule has 0 bridgehead atoms. The molecule has 0 fully saturated rings. The first-order chi connectivity index (χ1) is 37.1. The van der Waals surface area contributed by atoms with Crippen LogP contribution in [0.3, 0.4) is 0 Å². The minimum absolute atomic E-state index is 0.752. The van der Waals surface area contributed by atoms with Gasteiger partial charge in [0.25, 0.3) is 0 Å². The van der Waals surface area contributed by atoms with Gasteiger partial charge >= 0.3 is 0 Å². The summed E-state index contributed by atoms with van der Waals surface area (Å²) >= 11 is 0. The average Bonchev–Trinajstić information content (AvgIpc) is 4.22. The number of aryl methyl sites for hydroxylation is 1. The average molecular weight is 960 g/mol. The van der Waals surface area contributed by atoms with E-state index in [2.05, 4.69) is 222 Å². The van der Waals surface area contributed by atoms with E-state index in [1.54, 1.807) is 0 Å². The Kier molecular flexibility index (Phi) is 8.82. The van der Waals surface area contributed by atoms with Gasteiger partial charge in [0.1, 0.15) is 28.0 Å². The molecule has 75 heavy (non-hydrogen) atoms. The normalized spacial score (nSPS) is 12.1. The first-order valence-corrected chi connectivity index (χ1v) is 25.3. The van der Waals surface area contributed by atoms with Gasteiger partial charge in [-0.1, -0.05) is 146 Å². The summed E-state index contributed by atoms with van der Waals surface area (Å²) in [5.41, 5.74) is 21.4. The molecule has 0 aliphatic carbocycles. The number of aromatic nitrogens is 5. The van der Waals surface area contributed by atoms with Crippen LogP contribution in [-0.2, 0) is 0 Å². The van der Waals surface area contributed by atoms with Crippen LogP contribution in [0.15, 0.2) is 239 Å². The van der Waals surface area contributed by atoms with Crippen molar-refractivity contribution in [2.45, 2.75) is 6.92 Å². The molecule has 0 unspecified atom stereocenters. The van der Waals surface area contributed by atoms with Crippen molar-refractivity contribution in [2.24, 2.45) is 0 Å². The van der Waals surface area contributed by atoms with Crippen LogP contribution < -0.4 is 0 Å². The van der Waals surface area contributed by atoms with Gasteiger partial charge in [-0.15, -0.1) is 0 Å². The molecule has 6 aromatic heterocycles. The lowest BCUT2D eigenvalue weighted by molar-refractivity contribution is 0.669. The standard InChI is InChI=1S/C68H41N5O2/c1-40-69-56-26-7-10-29-60(56)72(40)46-34-31-41(32-35-46)62-52-36-33-44(39-57(52)71-64-53-22-5-11-30-61(53)74-67(62)64)48-23-14-24-54-65-68(75-66(48)54)63(51-21-2-6-25-55(51)70-65)45-17-12-15-42(37-45)43-16-13-18-47(38-43)73-58-27-8-3-19-49(58)50-20-4-9-28-59(50)73/h2-39H,1H3. The van der Waals surface area contributed by atoms with Crippen LogP contribution in [0, 0.1) is 6.92 Å². The van der Waals surface area contributed by atoms with Crippen molar-refractivity contribution in [2.75, 3.05) is 0 Å². The van der Waals surface area contributed by atoms with Gasteiger partial charge < -0.3 is 13.4 Å². The molecular weight excluding hydrogens is 919 g/mol. The molecular formula is C68H41N5O2. The molecule has 0 aliphatic heterocycles. The predicted octanol–water partition coefficient (Wildman–Crippen LogP) is 18.0. The van der Waals surface area contributed by atoms with E-state index in [4.69, 9.17) is 23.8 Å². The zero-order valence-corrected chi connectivity index (χ0v) is 40.5. The van der Waals surface area contributed by atoms with Crippen LogP contribution >= 0.6 is 0 Å². The first kappa shape index (κ1) is 41.5. The Morgan fingerprint density at radius 1 is 0.320 bits per heavy atom. The van der Waals surface area contributed by atoms with Gasteiger partial charge in [0.15, 0.2) is 11.2 Å². The van der Waals surface area contributed by atoms with Gasteiger partial charge in [0.2, 0.25) is 0 Å². The highest BCUT2D eigenvalue weighted by atomic mass is 16.3. The molecule has 16 rings (SSSR count). The maximum Gasteiger partial charge on any atom is 0.162 e. The van der Waals surface area contributed by atoms with E-state index in [9.17, 15) is 0 Å². The Labute approximate surface area is 428 Å².